The molecule has 0 saturated carbocycles. The van der Waals surface area contributed by atoms with Crippen molar-refractivity contribution in [2.45, 2.75) is 52.7 Å². The maximum Gasteiger partial charge on any atom is 0.331 e. The Morgan fingerprint density at radius 2 is 1.73 bits per heavy atom. The maximum absolute atomic E-state index is 14.4. The molecule has 2 aromatic heterocycles. The van der Waals surface area contributed by atoms with Gasteiger partial charge in [-0.1, -0.05) is 52.1 Å². The molecular formula is C30H30Cl3N3O4. The summed E-state index contributed by atoms with van der Waals surface area (Å²) >= 11 is 19.2. The second kappa shape index (κ2) is 11.1. The summed E-state index contributed by atoms with van der Waals surface area (Å²) in [7, 11) is 1.76. The quantitative estimate of drug-likeness (QED) is 0.177. The van der Waals surface area contributed by atoms with Crippen LogP contribution in [0.15, 0.2) is 47.1 Å². The predicted molar refractivity (Wildman–Crippen MR) is 160 cm³/mol. The first-order valence-electron chi connectivity index (χ1n) is 12.5. The van der Waals surface area contributed by atoms with Crippen LogP contribution in [-0.2, 0) is 15.1 Å². The maximum atomic E-state index is 14.4. The molecule has 0 atom stereocenters. The van der Waals surface area contributed by atoms with Crippen molar-refractivity contribution in [3.8, 4) is 11.3 Å². The predicted octanol–water partition coefficient (Wildman–Crippen LogP) is 8.06. The highest BCUT2D eigenvalue weighted by atomic mass is 35.5. The lowest BCUT2D eigenvalue weighted by Gasteiger charge is -2.22. The van der Waals surface area contributed by atoms with E-state index in [2.05, 4.69) is 10.5 Å². The molecule has 0 unspecified atom stereocenters. The van der Waals surface area contributed by atoms with Gasteiger partial charge in [-0.25, -0.2) is 4.79 Å². The third-order valence-corrected chi connectivity index (χ3v) is 7.23. The fourth-order valence-corrected chi connectivity index (χ4v) is 5.40. The number of rotatable bonds is 6. The molecule has 2 aromatic carbocycles. The lowest BCUT2D eigenvalue weighted by molar-refractivity contribution is -0.148. The third-order valence-electron chi connectivity index (χ3n) is 6.42. The molecule has 0 aliphatic heterocycles. The van der Waals surface area contributed by atoms with E-state index in [4.69, 9.17) is 44.1 Å². The van der Waals surface area contributed by atoms with E-state index in [0.29, 0.717) is 21.9 Å². The van der Waals surface area contributed by atoms with Gasteiger partial charge >= 0.3 is 5.97 Å². The number of hydrogen-bond acceptors (Lipinski definition) is 6. The SMILES string of the molecule is CNC(C)(C)c1onc(-c2c(Cl)cc(Cl)cc2Cl)c1C(=O)n1cc(C)c2c(/C=C/C(=O)OC(C)(C)C)cccc21. The van der Waals surface area contributed by atoms with Crippen molar-refractivity contribution in [2.24, 2.45) is 0 Å². The number of benzene rings is 2. The van der Waals surface area contributed by atoms with Gasteiger partial charge in [0.15, 0.2) is 5.76 Å². The van der Waals surface area contributed by atoms with E-state index in [1.54, 1.807) is 23.9 Å². The summed E-state index contributed by atoms with van der Waals surface area (Å²) in [6, 6.07) is 8.60. The molecule has 2 heterocycles. The third kappa shape index (κ3) is 5.84. The van der Waals surface area contributed by atoms with Gasteiger partial charge in [0.2, 0.25) is 0 Å². The Morgan fingerprint density at radius 1 is 1.07 bits per heavy atom. The first-order valence-corrected chi connectivity index (χ1v) is 13.7. The van der Waals surface area contributed by atoms with Crippen molar-refractivity contribution in [3.63, 3.8) is 0 Å². The molecule has 10 heteroatoms. The van der Waals surface area contributed by atoms with Crippen LogP contribution in [0.5, 0.6) is 0 Å². The first kappa shape index (κ1) is 29.9. The van der Waals surface area contributed by atoms with Crippen LogP contribution < -0.4 is 5.32 Å². The largest absolute Gasteiger partial charge is 0.457 e. The van der Waals surface area contributed by atoms with Gasteiger partial charge < -0.3 is 14.6 Å². The lowest BCUT2D eigenvalue weighted by Crippen LogP contribution is -2.34. The number of aromatic nitrogens is 2. The van der Waals surface area contributed by atoms with E-state index < -0.39 is 17.1 Å². The summed E-state index contributed by atoms with van der Waals surface area (Å²) in [4.78, 5) is 26.7. The van der Waals surface area contributed by atoms with E-state index >= 15 is 0 Å². The number of nitrogens with one attached hydrogen (secondary N) is 1. The average molecular weight is 603 g/mol. The zero-order valence-electron chi connectivity index (χ0n) is 23.3. The molecule has 0 aliphatic rings. The van der Waals surface area contributed by atoms with Crippen molar-refractivity contribution in [1.82, 2.24) is 15.0 Å². The van der Waals surface area contributed by atoms with Gasteiger partial charge in [-0.2, -0.15) is 0 Å². The number of carbonyl (C=O) groups excluding carboxylic acids is 2. The molecular weight excluding hydrogens is 573 g/mol. The highest BCUT2D eigenvalue weighted by Gasteiger charge is 2.36. The van der Waals surface area contributed by atoms with Crippen LogP contribution in [-0.4, -0.2) is 34.2 Å². The molecule has 0 aliphatic carbocycles. The van der Waals surface area contributed by atoms with Crippen LogP contribution >= 0.6 is 34.8 Å². The van der Waals surface area contributed by atoms with Crippen LogP contribution in [0.3, 0.4) is 0 Å². The smallest absolute Gasteiger partial charge is 0.331 e. The summed E-state index contributed by atoms with van der Waals surface area (Å²) in [6.45, 7) is 11.1. The Balaban J connectivity index is 1.90. The number of carbonyl (C=O) groups is 2. The molecule has 4 rings (SSSR count). The number of nitrogens with zero attached hydrogens (tertiary/aromatic N) is 2. The second-order valence-electron chi connectivity index (χ2n) is 11.0. The van der Waals surface area contributed by atoms with Crippen molar-refractivity contribution >= 4 is 63.7 Å². The zero-order chi connectivity index (χ0) is 29.6. The van der Waals surface area contributed by atoms with Gasteiger partial charge in [-0.3, -0.25) is 9.36 Å². The number of fused-ring (bicyclic) bond motifs is 1. The number of esters is 1. The zero-order valence-corrected chi connectivity index (χ0v) is 25.5. The Kier molecular flexibility index (Phi) is 8.25. The average Bonchev–Trinajstić information content (AvgIpc) is 3.43. The Hall–Kier alpha value is -3.10. The van der Waals surface area contributed by atoms with Crippen LogP contribution in [0.2, 0.25) is 15.1 Å². The normalized spacial score (nSPS) is 12.4. The highest BCUT2D eigenvalue weighted by Crippen LogP contribution is 2.41. The topological polar surface area (TPSA) is 86.4 Å². The summed E-state index contributed by atoms with van der Waals surface area (Å²) in [5, 5.41) is 9.05. The standard InChI is InChI=1S/C30H30Cl3N3O4/c1-16-15-36(21-10-8-9-17(23(16)21)11-12-22(37)39-29(2,3)4)28(38)25-26(35-40-27(25)30(5,6)34-7)24-19(32)13-18(31)14-20(24)33/h8-15,34H,1-7H3/b12-11+. The number of hydrogen-bond donors (Lipinski definition) is 1. The highest BCUT2D eigenvalue weighted by molar-refractivity contribution is 6.42. The molecule has 0 spiro atoms. The van der Waals surface area contributed by atoms with Crippen LogP contribution in [0.4, 0.5) is 0 Å². The van der Waals surface area contributed by atoms with E-state index in [0.717, 1.165) is 16.5 Å². The molecule has 0 radical (unpaired) electrons. The summed E-state index contributed by atoms with van der Waals surface area (Å²) < 4.78 is 12.7. The minimum absolute atomic E-state index is 0.204. The van der Waals surface area contributed by atoms with Gasteiger partial charge in [0.1, 0.15) is 16.9 Å². The molecule has 0 amide bonds. The van der Waals surface area contributed by atoms with E-state index in [-0.39, 0.29) is 27.2 Å². The first-order chi connectivity index (χ1) is 18.6. The van der Waals surface area contributed by atoms with Crippen molar-refractivity contribution in [3.05, 3.63) is 80.1 Å². The second-order valence-corrected chi connectivity index (χ2v) is 12.2. The Labute approximate surface area is 248 Å². The number of halogens is 3. The number of aryl methyl sites for hydroxylation is 1. The molecule has 4 aromatic rings. The molecule has 210 valence electrons. The lowest BCUT2D eigenvalue weighted by atomic mass is 9.94. The molecule has 7 nitrogen and oxygen atoms in total. The summed E-state index contributed by atoms with van der Waals surface area (Å²) in [6.07, 6.45) is 4.82. The molecule has 0 saturated heterocycles. The van der Waals surface area contributed by atoms with Gasteiger partial charge in [0, 0.05) is 28.2 Å². The minimum Gasteiger partial charge on any atom is -0.457 e. The van der Waals surface area contributed by atoms with Gasteiger partial charge in [-0.15, -0.1) is 0 Å². The molecule has 1 N–H and O–H groups in total. The van der Waals surface area contributed by atoms with Crippen LogP contribution in [0.1, 0.15) is 61.9 Å². The van der Waals surface area contributed by atoms with Gasteiger partial charge in [0.05, 0.1) is 21.1 Å². The monoisotopic (exact) mass is 601 g/mol. The molecule has 0 fully saturated rings. The fraction of sp³-hybridized carbons (Fsp3) is 0.300. The molecule has 0 bridgehead atoms. The van der Waals surface area contributed by atoms with Crippen molar-refractivity contribution in [1.29, 1.82) is 0 Å². The van der Waals surface area contributed by atoms with Gasteiger partial charge in [-0.05, 0) is 84.0 Å². The Morgan fingerprint density at radius 3 is 2.33 bits per heavy atom. The minimum atomic E-state index is -0.763. The fourth-order valence-electron chi connectivity index (χ4n) is 4.40. The van der Waals surface area contributed by atoms with Crippen molar-refractivity contribution < 1.29 is 18.8 Å². The molecule has 40 heavy (non-hydrogen) atoms. The van der Waals surface area contributed by atoms with E-state index in [1.807, 2.05) is 59.7 Å². The van der Waals surface area contributed by atoms with Crippen LogP contribution in [0.25, 0.3) is 28.2 Å². The van der Waals surface area contributed by atoms with Gasteiger partial charge in [0.25, 0.3) is 5.91 Å². The van der Waals surface area contributed by atoms with Crippen LogP contribution in [0, 0.1) is 6.92 Å². The van der Waals surface area contributed by atoms with E-state index in [1.165, 1.54) is 18.2 Å². The Bertz CT molecular complexity index is 1640. The summed E-state index contributed by atoms with van der Waals surface area (Å²) in [5.74, 6) is -0.525. The summed E-state index contributed by atoms with van der Waals surface area (Å²) in [5.41, 5.74) is 1.62. The van der Waals surface area contributed by atoms with Crippen molar-refractivity contribution in [2.75, 3.05) is 7.05 Å². The van der Waals surface area contributed by atoms with E-state index in [9.17, 15) is 9.59 Å². The number of ether oxygens (including phenoxy) is 1.